The molecule has 0 saturated heterocycles. The van der Waals surface area contributed by atoms with Crippen LogP contribution in [0.4, 0.5) is 0 Å². The number of carbonyl (C=O) groups is 3. The van der Waals surface area contributed by atoms with Crippen LogP contribution in [0.25, 0.3) is 0 Å². The molecule has 0 unspecified atom stereocenters. The third-order valence-electron chi connectivity index (χ3n) is 3.91. The maximum absolute atomic E-state index is 12.1. The highest BCUT2D eigenvalue weighted by Crippen LogP contribution is 2.25. The molecule has 0 bridgehead atoms. The molecule has 0 saturated carbocycles. The van der Waals surface area contributed by atoms with Crippen molar-refractivity contribution in [2.24, 2.45) is 0 Å². The number of halogens is 1. The SMILES string of the molecule is CC(=O)[C@H](Cc1ccccc1)NC(=O)COC(=O)[C@@H](C)Sc1ccc(Cl)cc1. The number of esters is 1. The molecule has 28 heavy (non-hydrogen) atoms. The van der Waals surface area contributed by atoms with Crippen LogP contribution in [-0.4, -0.2) is 35.6 Å². The Hall–Kier alpha value is -2.31. The van der Waals surface area contributed by atoms with E-state index in [1.54, 1.807) is 19.1 Å². The molecule has 0 aliphatic carbocycles. The van der Waals surface area contributed by atoms with E-state index in [0.717, 1.165) is 10.5 Å². The van der Waals surface area contributed by atoms with Crippen LogP contribution in [0.5, 0.6) is 0 Å². The summed E-state index contributed by atoms with van der Waals surface area (Å²) in [5.74, 6) is -1.17. The van der Waals surface area contributed by atoms with Crippen LogP contribution >= 0.6 is 23.4 Å². The number of nitrogens with one attached hydrogen (secondary N) is 1. The van der Waals surface area contributed by atoms with Gasteiger partial charge in [-0.1, -0.05) is 41.9 Å². The van der Waals surface area contributed by atoms with Crippen LogP contribution in [0.1, 0.15) is 19.4 Å². The topological polar surface area (TPSA) is 72.5 Å². The number of carbonyl (C=O) groups excluding carboxylic acids is 3. The van der Waals surface area contributed by atoms with Crippen LogP contribution in [-0.2, 0) is 25.5 Å². The van der Waals surface area contributed by atoms with Gasteiger partial charge < -0.3 is 10.1 Å². The summed E-state index contributed by atoms with van der Waals surface area (Å²) in [6, 6.07) is 15.8. The number of amides is 1. The minimum atomic E-state index is -0.658. The van der Waals surface area contributed by atoms with Crippen molar-refractivity contribution in [3.63, 3.8) is 0 Å². The summed E-state index contributed by atoms with van der Waals surface area (Å²) < 4.78 is 5.08. The quantitative estimate of drug-likeness (QED) is 0.495. The highest BCUT2D eigenvalue weighted by molar-refractivity contribution is 8.00. The molecule has 0 spiro atoms. The summed E-state index contributed by atoms with van der Waals surface area (Å²) in [6.45, 7) is 2.70. The molecule has 0 aromatic heterocycles. The largest absolute Gasteiger partial charge is 0.455 e. The number of rotatable bonds is 9. The van der Waals surface area contributed by atoms with Crippen LogP contribution in [0.15, 0.2) is 59.5 Å². The molecule has 148 valence electrons. The minimum absolute atomic E-state index is 0.157. The molecule has 0 aliphatic heterocycles. The summed E-state index contributed by atoms with van der Waals surface area (Å²) >= 11 is 7.15. The third-order valence-corrected chi connectivity index (χ3v) is 5.25. The number of thioether (sulfide) groups is 1. The Kier molecular flexibility index (Phi) is 8.54. The van der Waals surface area contributed by atoms with Gasteiger partial charge >= 0.3 is 5.97 Å². The lowest BCUT2D eigenvalue weighted by atomic mass is 10.0. The number of benzene rings is 2. The molecule has 0 radical (unpaired) electrons. The maximum atomic E-state index is 12.1. The van der Waals surface area contributed by atoms with E-state index in [1.165, 1.54) is 18.7 Å². The van der Waals surface area contributed by atoms with Gasteiger partial charge in [0.25, 0.3) is 5.91 Å². The van der Waals surface area contributed by atoms with Gasteiger partial charge in [-0.2, -0.15) is 0 Å². The minimum Gasteiger partial charge on any atom is -0.455 e. The monoisotopic (exact) mass is 419 g/mol. The number of hydrogen-bond acceptors (Lipinski definition) is 5. The summed E-state index contributed by atoms with van der Waals surface area (Å²) in [7, 11) is 0. The standard InChI is InChI=1S/C21H22ClNO4S/c1-14(24)19(12-16-6-4-3-5-7-16)23-20(25)13-27-21(26)15(2)28-18-10-8-17(22)9-11-18/h3-11,15,19H,12-13H2,1-2H3,(H,23,25)/t15-,19+/m1/s1. The van der Waals surface area contributed by atoms with Gasteiger partial charge in [0.2, 0.25) is 0 Å². The lowest BCUT2D eigenvalue weighted by Gasteiger charge is -2.17. The average Bonchev–Trinajstić information content (AvgIpc) is 2.68. The Morgan fingerprint density at radius 1 is 1.07 bits per heavy atom. The van der Waals surface area contributed by atoms with Gasteiger partial charge in [-0.05, 0) is 50.1 Å². The zero-order chi connectivity index (χ0) is 20.5. The molecule has 2 aromatic carbocycles. The zero-order valence-electron chi connectivity index (χ0n) is 15.7. The Morgan fingerprint density at radius 2 is 1.71 bits per heavy atom. The van der Waals surface area contributed by atoms with Crippen LogP contribution in [0, 0.1) is 0 Å². The van der Waals surface area contributed by atoms with Crippen molar-refractivity contribution in [3.8, 4) is 0 Å². The number of ether oxygens (including phenoxy) is 1. The molecule has 5 nitrogen and oxygen atoms in total. The lowest BCUT2D eigenvalue weighted by molar-refractivity contribution is -0.148. The molecular formula is C21H22ClNO4S. The third kappa shape index (κ3) is 7.37. The predicted molar refractivity (Wildman–Crippen MR) is 110 cm³/mol. The van der Waals surface area contributed by atoms with Crippen molar-refractivity contribution in [1.82, 2.24) is 5.32 Å². The Bertz CT molecular complexity index is 811. The lowest BCUT2D eigenvalue weighted by Crippen LogP contribution is -2.43. The van der Waals surface area contributed by atoms with Crippen molar-refractivity contribution in [3.05, 3.63) is 65.2 Å². The first-order valence-electron chi connectivity index (χ1n) is 8.77. The van der Waals surface area contributed by atoms with Gasteiger partial charge in [-0.3, -0.25) is 14.4 Å². The fraction of sp³-hybridized carbons (Fsp3) is 0.286. The zero-order valence-corrected chi connectivity index (χ0v) is 17.3. The second-order valence-corrected chi connectivity index (χ2v) is 8.09. The molecule has 2 rings (SSSR count). The molecular weight excluding hydrogens is 398 g/mol. The first-order chi connectivity index (χ1) is 13.3. The summed E-state index contributed by atoms with van der Waals surface area (Å²) in [5.41, 5.74) is 0.938. The van der Waals surface area contributed by atoms with E-state index < -0.39 is 29.8 Å². The fourth-order valence-corrected chi connectivity index (χ4v) is 3.39. The molecule has 7 heteroatoms. The highest BCUT2D eigenvalue weighted by Gasteiger charge is 2.21. The number of hydrogen-bond donors (Lipinski definition) is 1. The summed E-state index contributed by atoms with van der Waals surface area (Å²) in [5, 5.41) is 2.76. The van der Waals surface area contributed by atoms with E-state index in [1.807, 2.05) is 42.5 Å². The molecule has 2 atom stereocenters. The van der Waals surface area contributed by atoms with Crippen LogP contribution in [0.3, 0.4) is 0 Å². The molecule has 1 N–H and O–H groups in total. The summed E-state index contributed by atoms with van der Waals surface area (Å²) in [6.07, 6.45) is 0.388. The van der Waals surface area contributed by atoms with Crippen molar-refractivity contribution in [2.45, 2.75) is 36.5 Å². The first-order valence-corrected chi connectivity index (χ1v) is 10.0. The second-order valence-electron chi connectivity index (χ2n) is 6.24. The van der Waals surface area contributed by atoms with Gasteiger partial charge in [0.05, 0.1) is 6.04 Å². The molecule has 1 amide bonds. The first kappa shape index (κ1) is 22.0. The molecule has 0 aliphatic rings. The van der Waals surface area contributed by atoms with E-state index >= 15 is 0 Å². The van der Waals surface area contributed by atoms with E-state index in [4.69, 9.17) is 16.3 Å². The molecule has 0 heterocycles. The molecule has 0 fully saturated rings. The van der Waals surface area contributed by atoms with E-state index in [9.17, 15) is 14.4 Å². The van der Waals surface area contributed by atoms with Gasteiger partial charge in [0, 0.05) is 9.92 Å². The highest BCUT2D eigenvalue weighted by atomic mass is 35.5. The number of Topliss-reactive ketones (excluding diaryl/α,β-unsaturated/α-hetero) is 1. The Labute approximate surface area is 173 Å². The predicted octanol–water partition coefficient (Wildman–Crippen LogP) is 3.68. The van der Waals surface area contributed by atoms with Gasteiger partial charge in [-0.15, -0.1) is 11.8 Å². The summed E-state index contributed by atoms with van der Waals surface area (Å²) in [4.78, 5) is 36.9. The van der Waals surface area contributed by atoms with Crippen LogP contribution in [0.2, 0.25) is 5.02 Å². The van der Waals surface area contributed by atoms with Crippen molar-refractivity contribution >= 4 is 41.0 Å². The van der Waals surface area contributed by atoms with E-state index in [2.05, 4.69) is 5.32 Å². The Morgan fingerprint density at radius 3 is 2.32 bits per heavy atom. The fourth-order valence-electron chi connectivity index (χ4n) is 2.40. The van der Waals surface area contributed by atoms with Crippen molar-refractivity contribution < 1.29 is 19.1 Å². The van der Waals surface area contributed by atoms with Gasteiger partial charge in [-0.25, -0.2) is 0 Å². The smallest absolute Gasteiger partial charge is 0.319 e. The van der Waals surface area contributed by atoms with Gasteiger partial charge in [0.1, 0.15) is 5.25 Å². The van der Waals surface area contributed by atoms with Crippen molar-refractivity contribution in [1.29, 1.82) is 0 Å². The van der Waals surface area contributed by atoms with Gasteiger partial charge in [0.15, 0.2) is 12.4 Å². The average molecular weight is 420 g/mol. The normalized spacial score (nSPS) is 12.7. The van der Waals surface area contributed by atoms with Crippen LogP contribution < -0.4 is 5.32 Å². The second kappa shape index (κ2) is 10.9. The molecule has 2 aromatic rings. The maximum Gasteiger partial charge on any atom is 0.319 e. The van der Waals surface area contributed by atoms with Crippen molar-refractivity contribution in [2.75, 3.05) is 6.61 Å². The van der Waals surface area contributed by atoms with E-state index in [-0.39, 0.29) is 5.78 Å². The number of ketones is 1. The van der Waals surface area contributed by atoms with E-state index in [0.29, 0.717) is 11.4 Å². The Balaban J connectivity index is 1.81.